The smallest absolute Gasteiger partial charge is 1.00 e. The van der Waals surface area contributed by atoms with E-state index >= 15 is 0 Å². The van der Waals surface area contributed by atoms with Crippen molar-refractivity contribution >= 4 is 29.0 Å². The van der Waals surface area contributed by atoms with Gasteiger partial charge in [-0.3, -0.25) is 4.79 Å². The van der Waals surface area contributed by atoms with Crippen molar-refractivity contribution in [3.8, 4) is 0 Å². The maximum absolute atomic E-state index is 11.0. The van der Waals surface area contributed by atoms with Crippen molar-refractivity contribution < 1.29 is 31.6 Å². The monoisotopic (exact) mass is 715 g/mol. The van der Waals surface area contributed by atoms with Gasteiger partial charge in [-0.15, -0.1) is 0 Å². The zero-order valence-electron chi connectivity index (χ0n) is 32.0. The second-order valence-electron chi connectivity index (χ2n) is 13.0. The summed E-state index contributed by atoms with van der Waals surface area (Å²) in [6.07, 6.45) is 38.2. The van der Waals surface area contributed by atoms with Crippen LogP contribution >= 0.6 is 0 Å². The van der Waals surface area contributed by atoms with Crippen LogP contribution in [0.2, 0.25) is 0 Å². The fourth-order valence-electron chi connectivity index (χ4n) is 5.59. The van der Waals surface area contributed by atoms with E-state index in [0.29, 0.717) is 13.0 Å². The molecule has 0 fully saturated rings. The zero-order chi connectivity index (χ0) is 32.7. The van der Waals surface area contributed by atoms with E-state index in [2.05, 4.69) is 39.4 Å². The summed E-state index contributed by atoms with van der Waals surface area (Å²) in [5.74, 6) is -0.0880. The van der Waals surface area contributed by atoms with Crippen LogP contribution in [-0.4, -0.2) is 46.3 Å². The third-order valence-corrected chi connectivity index (χ3v) is 8.32. The Morgan fingerprint density at radius 2 is 0.844 bits per heavy atom. The quantitative estimate of drug-likeness (QED) is 0.0349. The van der Waals surface area contributed by atoms with Gasteiger partial charge in [0, 0.05) is 6.42 Å². The molecule has 0 spiro atoms. The number of aliphatic hydroxyl groups is 1. The van der Waals surface area contributed by atoms with Gasteiger partial charge in [0.2, 0.25) is 0 Å². The number of esters is 1. The molecule has 0 heterocycles. The van der Waals surface area contributed by atoms with E-state index in [1.165, 1.54) is 148 Å². The van der Waals surface area contributed by atoms with Crippen LogP contribution in [0.5, 0.6) is 0 Å². The van der Waals surface area contributed by atoms with Crippen LogP contribution in [0.3, 0.4) is 0 Å². The molecular formula is C40H83BrMgO3. The van der Waals surface area contributed by atoms with Crippen molar-refractivity contribution in [1.82, 2.24) is 0 Å². The number of unbranched alkanes of at least 4 members (excludes halogenated alkanes) is 21. The molecular weight excluding hydrogens is 633 g/mol. The summed E-state index contributed by atoms with van der Waals surface area (Å²) in [7, 11) is 0. The molecule has 5 heteroatoms. The first-order valence-corrected chi connectivity index (χ1v) is 19.6. The van der Waals surface area contributed by atoms with Gasteiger partial charge in [-0.2, -0.15) is 6.42 Å². The third-order valence-electron chi connectivity index (χ3n) is 8.32. The topological polar surface area (TPSA) is 46.5 Å². The number of hydrogen-bond acceptors (Lipinski definition) is 3. The van der Waals surface area contributed by atoms with Gasteiger partial charge in [0.05, 0.1) is 12.2 Å². The number of halogens is 1. The zero-order valence-corrected chi connectivity index (χ0v) is 35.0. The number of rotatable bonds is 30. The fraction of sp³-hybridized carbons (Fsp3) is 0.950. The van der Waals surface area contributed by atoms with E-state index in [1.807, 2.05) is 13.8 Å². The first-order valence-electron chi connectivity index (χ1n) is 19.6. The van der Waals surface area contributed by atoms with E-state index in [4.69, 9.17) is 0 Å². The predicted octanol–water partition coefficient (Wildman–Crippen LogP) is 10.5. The SMILES string of the molecule is CCCC(=O)OCC.CCCCCCCCCCC(O)(CCC)CCCCCCCCCC.[Br-].[CH2-]CCCCCCCCC.[Mg+2]. The first kappa shape index (κ1) is 55.1. The Bertz CT molecular complexity index is 468. The fourth-order valence-corrected chi connectivity index (χ4v) is 5.59. The van der Waals surface area contributed by atoms with E-state index in [0.717, 1.165) is 38.5 Å². The molecule has 0 aliphatic rings. The van der Waals surface area contributed by atoms with Crippen LogP contribution in [0.25, 0.3) is 0 Å². The Kier molecular flexibility index (Phi) is 60.1. The Hall–Kier alpha value is 0.676. The van der Waals surface area contributed by atoms with Crippen LogP contribution in [0.15, 0.2) is 0 Å². The molecule has 0 saturated heterocycles. The molecule has 3 nitrogen and oxygen atoms in total. The standard InChI is InChI=1S/C24H50O.C10H21.C6H12O2.BrH.Mg/c1-4-7-9-11-13-15-17-19-22-24(25,21-6-3)23-20-18-16-14-12-10-8-5-2;1-3-5-7-9-10-8-6-4-2;1-3-5-6(7)8-4-2;;/h25H,4-23H2,1-3H3;1,3-10H2,2H3;3-5H2,1-2H3;1H;/q;-1;;;+2/p-1. The molecule has 45 heavy (non-hydrogen) atoms. The maximum Gasteiger partial charge on any atom is 2.00 e. The Morgan fingerprint density at radius 1 is 0.511 bits per heavy atom. The summed E-state index contributed by atoms with van der Waals surface area (Å²) in [6, 6.07) is 0. The van der Waals surface area contributed by atoms with Gasteiger partial charge >= 0.3 is 29.0 Å². The summed E-state index contributed by atoms with van der Waals surface area (Å²) in [5.41, 5.74) is -0.362. The second-order valence-corrected chi connectivity index (χ2v) is 13.0. The van der Waals surface area contributed by atoms with Gasteiger partial charge in [-0.1, -0.05) is 189 Å². The van der Waals surface area contributed by atoms with Crippen molar-refractivity contribution in [2.24, 2.45) is 0 Å². The van der Waals surface area contributed by atoms with Crippen LogP contribution in [0, 0.1) is 6.92 Å². The molecule has 0 rings (SSSR count). The molecule has 0 radical (unpaired) electrons. The average molecular weight is 716 g/mol. The Morgan fingerprint density at radius 3 is 1.13 bits per heavy atom. The van der Waals surface area contributed by atoms with Crippen molar-refractivity contribution in [3.05, 3.63) is 6.92 Å². The summed E-state index contributed by atoms with van der Waals surface area (Å²) >= 11 is 0. The number of hydrogen-bond donors (Lipinski definition) is 1. The molecule has 0 unspecified atom stereocenters. The van der Waals surface area contributed by atoms with Crippen molar-refractivity contribution in [2.75, 3.05) is 6.61 Å². The minimum absolute atomic E-state index is 0. The van der Waals surface area contributed by atoms with E-state index in [-0.39, 0.29) is 51.6 Å². The number of carbonyl (C=O) groups excluding carboxylic acids is 1. The third kappa shape index (κ3) is 51.7. The average Bonchev–Trinajstić information content (AvgIpc) is 2.99. The summed E-state index contributed by atoms with van der Waals surface area (Å²) in [6.45, 7) is 17.1. The molecule has 0 aromatic rings. The molecule has 0 amide bonds. The minimum Gasteiger partial charge on any atom is -1.00 e. The molecule has 1 N–H and O–H groups in total. The van der Waals surface area contributed by atoms with Crippen molar-refractivity contribution in [1.29, 1.82) is 0 Å². The minimum atomic E-state index is -0.362. The Balaban J connectivity index is -0.000000220. The summed E-state index contributed by atoms with van der Waals surface area (Å²) in [5, 5.41) is 11.0. The molecule has 0 aromatic carbocycles. The van der Waals surface area contributed by atoms with Gasteiger partial charge in [0.25, 0.3) is 0 Å². The molecule has 0 aliphatic heterocycles. The normalized spacial score (nSPS) is 10.5. The summed E-state index contributed by atoms with van der Waals surface area (Å²) in [4.78, 5) is 10.4. The van der Waals surface area contributed by atoms with Crippen LogP contribution < -0.4 is 17.0 Å². The Labute approximate surface area is 312 Å². The predicted molar refractivity (Wildman–Crippen MR) is 200 cm³/mol. The van der Waals surface area contributed by atoms with E-state index in [9.17, 15) is 9.90 Å². The molecule has 0 aliphatic carbocycles. The summed E-state index contributed by atoms with van der Waals surface area (Å²) < 4.78 is 4.64. The van der Waals surface area contributed by atoms with Gasteiger partial charge in [0.1, 0.15) is 0 Å². The van der Waals surface area contributed by atoms with Crippen LogP contribution in [0.1, 0.15) is 234 Å². The molecule has 0 atom stereocenters. The van der Waals surface area contributed by atoms with Crippen molar-refractivity contribution in [2.45, 2.75) is 240 Å². The molecule has 0 saturated carbocycles. The van der Waals surface area contributed by atoms with Gasteiger partial charge in [-0.05, 0) is 32.6 Å². The molecule has 0 bridgehead atoms. The number of ether oxygens (including phenoxy) is 1. The van der Waals surface area contributed by atoms with Gasteiger partial charge in [0.15, 0.2) is 0 Å². The van der Waals surface area contributed by atoms with E-state index < -0.39 is 0 Å². The van der Waals surface area contributed by atoms with Gasteiger partial charge < -0.3 is 33.7 Å². The number of carbonyl (C=O) groups is 1. The maximum atomic E-state index is 11.0. The molecule has 270 valence electrons. The van der Waals surface area contributed by atoms with Gasteiger partial charge in [-0.25, -0.2) is 0 Å². The van der Waals surface area contributed by atoms with Crippen LogP contribution in [-0.2, 0) is 9.53 Å². The molecule has 0 aromatic heterocycles. The van der Waals surface area contributed by atoms with Crippen LogP contribution in [0.4, 0.5) is 0 Å². The van der Waals surface area contributed by atoms with Crippen molar-refractivity contribution in [3.63, 3.8) is 0 Å². The van der Waals surface area contributed by atoms with E-state index in [1.54, 1.807) is 0 Å². The largest absolute Gasteiger partial charge is 2.00 e. The first-order chi connectivity index (χ1) is 20.9. The second kappa shape index (κ2) is 49.1.